The molecule has 0 saturated heterocycles. The molecule has 0 radical (unpaired) electrons. The van der Waals surface area contributed by atoms with Crippen molar-refractivity contribution in [2.45, 2.75) is 70.9 Å². The van der Waals surface area contributed by atoms with Gasteiger partial charge in [-0.15, -0.1) is 0 Å². The molecule has 20 heavy (non-hydrogen) atoms. The van der Waals surface area contributed by atoms with Crippen LogP contribution >= 0.6 is 0 Å². The van der Waals surface area contributed by atoms with Gasteiger partial charge in [-0.2, -0.15) is 0 Å². The molecule has 0 amide bonds. The Bertz CT molecular complexity index is 439. The second kappa shape index (κ2) is 6.64. The number of hydrogen-bond donors (Lipinski definition) is 2. The Morgan fingerprint density at radius 2 is 1.90 bits per heavy atom. The Kier molecular flexibility index (Phi) is 5.11. The molecule has 1 heterocycles. The van der Waals surface area contributed by atoms with E-state index >= 15 is 0 Å². The van der Waals surface area contributed by atoms with E-state index in [4.69, 9.17) is 0 Å². The first-order valence-corrected chi connectivity index (χ1v) is 7.76. The molecule has 0 spiro atoms. The zero-order chi connectivity index (χ0) is 14.6. The molecule has 1 aromatic heterocycles. The van der Waals surface area contributed by atoms with Crippen LogP contribution in [0.5, 0.6) is 0 Å². The minimum absolute atomic E-state index is 0.169. The minimum Gasteiger partial charge on any atom is -0.389 e. The van der Waals surface area contributed by atoms with Gasteiger partial charge in [-0.05, 0) is 33.6 Å². The zero-order valence-corrected chi connectivity index (χ0v) is 12.9. The van der Waals surface area contributed by atoms with Crippen LogP contribution in [0.25, 0.3) is 0 Å². The molecular weight excluding hydrogens is 250 g/mol. The van der Waals surface area contributed by atoms with Gasteiger partial charge in [0.15, 0.2) is 0 Å². The van der Waals surface area contributed by atoms with Gasteiger partial charge in [0.2, 0.25) is 0 Å². The van der Waals surface area contributed by atoms with E-state index in [2.05, 4.69) is 22.2 Å². The largest absolute Gasteiger partial charge is 0.389 e. The lowest BCUT2D eigenvalue weighted by Gasteiger charge is -2.29. The molecule has 1 atom stereocenters. The molecule has 1 saturated carbocycles. The van der Waals surface area contributed by atoms with E-state index in [1.807, 2.05) is 20.0 Å². The molecule has 112 valence electrons. The molecule has 1 aliphatic carbocycles. The van der Waals surface area contributed by atoms with E-state index in [9.17, 15) is 5.11 Å². The Morgan fingerprint density at radius 3 is 2.50 bits per heavy atom. The first-order chi connectivity index (χ1) is 9.50. The van der Waals surface area contributed by atoms with Crippen molar-refractivity contribution in [3.63, 3.8) is 0 Å². The Hall–Kier alpha value is -1.00. The maximum Gasteiger partial charge on any atom is 0.125 e. The molecule has 2 rings (SSSR count). The SMILES string of the molecule is Cc1ncc(C(C)NCC2(O)CCCCCC2)c(C)n1. The van der Waals surface area contributed by atoms with Crippen LogP contribution in [-0.4, -0.2) is 27.2 Å². The van der Waals surface area contributed by atoms with Crippen LogP contribution in [0.3, 0.4) is 0 Å². The van der Waals surface area contributed by atoms with Gasteiger partial charge in [0.1, 0.15) is 5.82 Å². The lowest BCUT2D eigenvalue weighted by atomic mass is 9.94. The fourth-order valence-corrected chi connectivity index (χ4v) is 3.03. The number of rotatable bonds is 4. The molecule has 1 aromatic rings. The first-order valence-electron chi connectivity index (χ1n) is 7.76. The van der Waals surface area contributed by atoms with E-state index in [0.29, 0.717) is 6.54 Å². The molecule has 4 nitrogen and oxygen atoms in total. The van der Waals surface area contributed by atoms with Gasteiger partial charge in [0, 0.05) is 30.0 Å². The molecule has 0 aromatic carbocycles. The number of hydrogen-bond acceptors (Lipinski definition) is 4. The number of aromatic nitrogens is 2. The van der Waals surface area contributed by atoms with E-state index in [1.54, 1.807) is 0 Å². The van der Waals surface area contributed by atoms with Crippen molar-refractivity contribution in [1.29, 1.82) is 0 Å². The summed E-state index contributed by atoms with van der Waals surface area (Å²) in [6, 6.07) is 0.169. The third-order valence-electron chi connectivity index (χ3n) is 4.38. The number of aryl methyl sites for hydroxylation is 2. The van der Waals surface area contributed by atoms with E-state index < -0.39 is 5.60 Å². The highest BCUT2D eigenvalue weighted by Gasteiger charge is 2.28. The zero-order valence-electron chi connectivity index (χ0n) is 12.9. The summed E-state index contributed by atoms with van der Waals surface area (Å²) < 4.78 is 0. The highest BCUT2D eigenvalue weighted by atomic mass is 16.3. The standard InChI is InChI=1S/C16H27N3O/c1-12(15-10-17-14(3)19-13(15)2)18-11-16(20)8-6-4-5-7-9-16/h10,12,18,20H,4-9,11H2,1-3H3. The molecule has 4 heteroatoms. The van der Waals surface area contributed by atoms with E-state index in [0.717, 1.165) is 42.8 Å². The summed E-state index contributed by atoms with van der Waals surface area (Å²) in [6.07, 6.45) is 8.50. The van der Waals surface area contributed by atoms with Gasteiger partial charge in [-0.3, -0.25) is 0 Å². The second-order valence-electron chi connectivity index (χ2n) is 6.20. The molecule has 0 aliphatic heterocycles. The normalized spacial score (nSPS) is 20.4. The van der Waals surface area contributed by atoms with Crippen LogP contribution in [0.4, 0.5) is 0 Å². The Balaban J connectivity index is 1.95. The third-order valence-corrected chi connectivity index (χ3v) is 4.38. The summed E-state index contributed by atoms with van der Waals surface area (Å²) in [5.74, 6) is 0.806. The minimum atomic E-state index is -0.537. The average molecular weight is 277 g/mol. The van der Waals surface area contributed by atoms with Crippen molar-refractivity contribution in [2.24, 2.45) is 0 Å². The number of nitrogens with one attached hydrogen (secondary N) is 1. The van der Waals surface area contributed by atoms with E-state index in [-0.39, 0.29) is 6.04 Å². The van der Waals surface area contributed by atoms with Crippen molar-refractivity contribution >= 4 is 0 Å². The predicted molar refractivity (Wildman–Crippen MR) is 80.6 cm³/mol. The molecular formula is C16H27N3O. The van der Waals surface area contributed by atoms with E-state index in [1.165, 1.54) is 12.8 Å². The maximum absolute atomic E-state index is 10.7. The molecule has 1 fully saturated rings. The van der Waals surface area contributed by atoms with Crippen molar-refractivity contribution in [2.75, 3.05) is 6.54 Å². The van der Waals surface area contributed by atoms with Gasteiger partial charge in [0.25, 0.3) is 0 Å². The van der Waals surface area contributed by atoms with Crippen LogP contribution in [0.2, 0.25) is 0 Å². The molecule has 1 unspecified atom stereocenters. The van der Waals surface area contributed by atoms with Crippen molar-refractivity contribution in [3.05, 3.63) is 23.3 Å². The summed E-state index contributed by atoms with van der Waals surface area (Å²) in [7, 11) is 0. The molecule has 2 N–H and O–H groups in total. The summed E-state index contributed by atoms with van der Waals surface area (Å²) in [5, 5.41) is 14.1. The van der Waals surface area contributed by atoms with Crippen LogP contribution in [0.1, 0.15) is 68.6 Å². The van der Waals surface area contributed by atoms with Gasteiger partial charge in [-0.25, -0.2) is 9.97 Å². The predicted octanol–water partition coefficient (Wildman–Crippen LogP) is 2.83. The first kappa shape index (κ1) is 15.4. The fourth-order valence-electron chi connectivity index (χ4n) is 3.03. The van der Waals surface area contributed by atoms with Gasteiger partial charge < -0.3 is 10.4 Å². The third kappa shape index (κ3) is 4.00. The topological polar surface area (TPSA) is 58.0 Å². The number of nitrogens with zero attached hydrogens (tertiary/aromatic N) is 2. The Morgan fingerprint density at radius 1 is 1.25 bits per heavy atom. The van der Waals surface area contributed by atoms with Gasteiger partial charge in [-0.1, -0.05) is 25.7 Å². The highest BCUT2D eigenvalue weighted by Crippen LogP contribution is 2.27. The van der Waals surface area contributed by atoms with Crippen molar-refractivity contribution in [1.82, 2.24) is 15.3 Å². The Labute approximate surface area is 122 Å². The average Bonchev–Trinajstić information content (AvgIpc) is 2.61. The summed E-state index contributed by atoms with van der Waals surface area (Å²) >= 11 is 0. The molecule has 1 aliphatic rings. The summed E-state index contributed by atoms with van der Waals surface area (Å²) in [4.78, 5) is 8.68. The quantitative estimate of drug-likeness (QED) is 0.831. The van der Waals surface area contributed by atoms with Crippen LogP contribution in [-0.2, 0) is 0 Å². The maximum atomic E-state index is 10.7. The summed E-state index contributed by atoms with van der Waals surface area (Å²) in [6.45, 7) is 6.69. The fraction of sp³-hybridized carbons (Fsp3) is 0.750. The van der Waals surface area contributed by atoms with Crippen LogP contribution in [0, 0.1) is 13.8 Å². The molecule has 0 bridgehead atoms. The van der Waals surface area contributed by atoms with Crippen molar-refractivity contribution in [3.8, 4) is 0 Å². The van der Waals surface area contributed by atoms with Gasteiger partial charge in [0.05, 0.1) is 5.60 Å². The van der Waals surface area contributed by atoms with Crippen LogP contribution < -0.4 is 5.32 Å². The second-order valence-corrected chi connectivity index (χ2v) is 6.20. The van der Waals surface area contributed by atoms with Crippen LogP contribution in [0.15, 0.2) is 6.20 Å². The highest BCUT2D eigenvalue weighted by molar-refractivity contribution is 5.19. The number of aliphatic hydroxyl groups is 1. The lowest BCUT2D eigenvalue weighted by molar-refractivity contribution is 0.0231. The monoisotopic (exact) mass is 277 g/mol. The lowest BCUT2D eigenvalue weighted by Crippen LogP contribution is -2.41. The van der Waals surface area contributed by atoms with Gasteiger partial charge >= 0.3 is 0 Å². The summed E-state index contributed by atoms with van der Waals surface area (Å²) in [5.41, 5.74) is 1.60. The smallest absolute Gasteiger partial charge is 0.125 e. The van der Waals surface area contributed by atoms with Crippen molar-refractivity contribution < 1.29 is 5.11 Å².